The third kappa shape index (κ3) is 4.94. The number of hydrogen-bond donors (Lipinski definition) is 1. The summed E-state index contributed by atoms with van der Waals surface area (Å²) in [5.41, 5.74) is 4.69. The first-order chi connectivity index (χ1) is 19.7. The van der Waals surface area contributed by atoms with Crippen molar-refractivity contribution < 1.29 is 9.53 Å². The maximum absolute atomic E-state index is 13.0. The Morgan fingerprint density at radius 3 is 2.62 bits per heavy atom. The highest BCUT2D eigenvalue weighted by Gasteiger charge is 2.28. The number of fused-ring (bicyclic) bond motifs is 2. The molecule has 3 fully saturated rings. The molecule has 0 saturated carbocycles. The maximum Gasteiger partial charge on any atom is 0.228 e. The molecule has 3 aliphatic rings. The molecule has 1 N–H and O–H groups in total. The number of aromatic amines is 1. The van der Waals surface area contributed by atoms with E-state index in [0.29, 0.717) is 25.5 Å². The molecule has 1 amide bonds. The summed E-state index contributed by atoms with van der Waals surface area (Å²) >= 11 is 0. The lowest BCUT2D eigenvalue weighted by Gasteiger charge is -2.34. The quantitative estimate of drug-likeness (QED) is 0.395. The summed E-state index contributed by atoms with van der Waals surface area (Å²) < 4.78 is 7.84. The average Bonchev–Trinajstić information content (AvgIpc) is 3.68. The maximum atomic E-state index is 13.0. The number of ether oxygens (including phenoxy) is 1. The topological polar surface area (TPSA) is 95.4 Å². The lowest BCUT2D eigenvalue weighted by atomic mass is 10.0. The van der Waals surface area contributed by atoms with Crippen LogP contribution in [0.15, 0.2) is 36.8 Å². The Morgan fingerprint density at radius 1 is 0.975 bits per heavy atom. The molecule has 0 atom stereocenters. The average molecular weight is 543 g/mol. The second-order valence-corrected chi connectivity index (χ2v) is 11.3. The third-order valence-electron chi connectivity index (χ3n) is 8.85. The van der Waals surface area contributed by atoms with Gasteiger partial charge >= 0.3 is 0 Å². The molecule has 210 valence electrons. The number of carbonyl (C=O) groups is 1. The highest BCUT2D eigenvalue weighted by Crippen LogP contribution is 2.35. The van der Waals surface area contributed by atoms with E-state index in [2.05, 4.69) is 48.5 Å². The zero-order valence-corrected chi connectivity index (χ0v) is 23.1. The van der Waals surface area contributed by atoms with E-state index in [0.717, 1.165) is 97.9 Å². The Labute approximate surface area is 234 Å². The van der Waals surface area contributed by atoms with Gasteiger partial charge in [0.25, 0.3) is 0 Å². The molecule has 0 unspecified atom stereocenters. The molecule has 3 aromatic heterocycles. The number of H-pyrrole nitrogens is 1. The van der Waals surface area contributed by atoms with Crippen LogP contribution in [0.3, 0.4) is 0 Å². The fourth-order valence-electron chi connectivity index (χ4n) is 6.55. The number of piperidine rings is 2. The number of nitrogens with one attached hydrogen (secondary N) is 1. The van der Waals surface area contributed by atoms with Gasteiger partial charge in [0.1, 0.15) is 11.2 Å². The number of benzene rings is 1. The number of rotatable bonds is 6. The van der Waals surface area contributed by atoms with Crippen molar-refractivity contribution in [2.75, 3.05) is 63.9 Å². The fraction of sp³-hybridized carbons (Fsp3) is 0.533. The summed E-state index contributed by atoms with van der Waals surface area (Å²) in [5, 5.41) is 1.13. The van der Waals surface area contributed by atoms with Gasteiger partial charge in [-0.25, -0.2) is 9.97 Å². The molecule has 0 aliphatic carbocycles. The Kier molecular flexibility index (Phi) is 7.11. The van der Waals surface area contributed by atoms with Crippen LogP contribution in [0.2, 0.25) is 0 Å². The minimum atomic E-state index is 0.250. The molecule has 40 heavy (non-hydrogen) atoms. The number of morpholine rings is 1. The SMILES string of the molecule is O=C(CCN1CCCCC1)N1CCC(n2cnc3c(-c4cccc5[nH]ccc45)nc(N4CCOCC4)nc32)CC1. The largest absolute Gasteiger partial charge is 0.378 e. The number of anilines is 1. The minimum Gasteiger partial charge on any atom is -0.378 e. The molecule has 0 bridgehead atoms. The standard InChI is InChI=1S/C30H38N8O2/c39-26(10-14-35-12-2-1-3-13-35)36-15-8-22(9-16-36)38-21-32-28-27(24-5-4-6-25-23(24)7-11-31-25)33-30(34-29(28)38)37-17-19-40-20-18-37/h4-7,11,21-22,31H,1-3,8-10,12-20H2. The molecule has 3 aliphatic heterocycles. The van der Waals surface area contributed by atoms with Crippen molar-refractivity contribution in [2.45, 2.75) is 44.6 Å². The van der Waals surface area contributed by atoms with E-state index in [-0.39, 0.29) is 6.04 Å². The molecule has 3 saturated heterocycles. The molecular formula is C30H38N8O2. The second kappa shape index (κ2) is 11.2. The van der Waals surface area contributed by atoms with Crippen LogP contribution >= 0.6 is 0 Å². The van der Waals surface area contributed by atoms with E-state index in [9.17, 15) is 4.79 Å². The van der Waals surface area contributed by atoms with Crippen LogP contribution in [0.5, 0.6) is 0 Å². The van der Waals surface area contributed by atoms with E-state index in [1.165, 1.54) is 19.3 Å². The van der Waals surface area contributed by atoms with Gasteiger partial charge in [0.2, 0.25) is 11.9 Å². The zero-order chi connectivity index (χ0) is 26.9. The van der Waals surface area contributed by atoms with Crippen molar-refractivity contribution in [3.05, 3.63) is 36.8 Å². The number of nitrogens with zero attached hydrogens (tertiary/aromatic N) is 7. The van der Waals surface area contributed by atoms with Crippen molar-refractivity contribution in [3.63, 3.8) is 0 Å². The van der Waals surface area contributed by atoms with Gasteiger partial charge in [-0.3, -0.25) is 4.79 Å². The van der Waals surface area contributed by atoms with Gasteiger partial charge in [0.05, 0.1) is 19.5 Å². The Bertz CT molecular complexity index is 1480. The van der Waals surface area contributed by atoms with Crippen molar-refractivity contribution in [1.82, 2.24) is 34.3 Å². The van der Waals surface area contributed by atoms with Crippen LogP contribution in [-0.4, -0.2) is 99.2 Å². The van der Waals surface area contributed by atoms with Gasteiger partial charge in [-0.2, -0.15) is 4.98 Å². The molecule has 10 nitrogen and oxygen atoms in total. The predicted molar refractivity (Wildman–Crippen MR) is 155 cm³/mol. The first kappa shape index (κ1) is 25.5. The molecule has 7 rings (SSSR count). The molecule has 0 radical (unpaired) electrons. The number of amides is 1. The number of hydrogen-bond acceptors (Lipinski definition) is 7. The monoisotopic (exact) mass is 542 g/mol. The first-order valence-corrected chi connectivity index (χ1v) is 14.9. The van der Waals surface area contributed by atoms with E-state index < -0.39 is 0 Å². The van der Waals surface area contributed by atoms with Crippen molar-refractivity contribution in [1.29, 1.82) is 0 Å². The summed E-state index contributed by atoms with van der Waals surface area (Å²) in [6.45, 7) is 7.61. The number of imidazole rings is 1. The minimum absolute atomic E-state index is 0.250. The number of carbonyl (C=O) groups excluding carboxylic acids is 1. The Morgan fingerprint density at radius 2 is 1.80 bits per heavy atom. The molecule has 1 aromatic carbocycles. The van der Waals surface area contributed by atoms with E-state index in [1.807, 2.05) is 12.5 Å². The van der Waals surface area contributed by atoms with Gasteiger partial charge in [0, 0.05) is 67.8 Å². The predicted octanol–water partition coefficient (Wildman–Crippen LogP) is 3.85. The van der Waals surface area contributed by atoms with Crippen LogP contribution in [0.1, 0.15) is 44.6 Å². The normalized spacial score (nSPS) is 19.6. The lowest BCUT2D eigenvalue weighted by molar-refractivity contribution is -0.132. The van der Waals surface area contributed by atoms with Crippen LogP contribution in [-0.2, 0) is 9.53 Å². The van der Waals surface area contributed by atoms with Gasteiger partial charge in [-0.1, -0.05) is 18.6 Å². The molecule has 10 heteroatoms. The van der Waals surface area contributed by atoms with Crippen molar-refractivity contribution in [2.24, 2.45) is 0 Å². The molecular weight excluding hydrogens is 504 g/mol. The van der Waals surface area contributed by atoms with Crippen molar-refractivity contribution in [3.8, 4) is 11.3 Å². The Hall–Kier alpha value is -3.50. The van der Waals surface area contributed by atoms with Crippen LogP contribution in [0.4, 0.5) is 5.95 Å². The first-order valence-electron chi connectivity index (χ1n) is 14.9. The summed E-state index contributed by atoms with van der Waals surface area (Å²) in [6, 6.07) is 8.61. The van der Waals surface area contributed by atoms with Gasteiger partial charge in [0.15, 0.2) is 5.65 Å². The lowest BCUT2D eigenvalue weighted by Crippen LogP contribution is -2.41. The van der Waals surface area contributed by atoms with Gasteiger partial charge in [-0.15, -0.1) is 0 Å². The highest BCUT2D eigenvalue weighted by molar-refractivity contribution is 6.00. The third-order valence-corrected chi connectivity index (χ3v) is 8.85. The van der Waals surface area contributed by atoms with Crippen molar-refractivity contribution >= 4 is 33.9 Å². The zero-order valence-electron chi connectivity index (χ0n) is 23.1. The smallest absolute Gasteiger partial charge is 0.228 e. The molecule has 6 heterocycles. The fourth-order valence-corrected chi connectivity index (χ4v) is 6.55. The molecule has 0 spiro atoms. The number of likely N-dealkylation sites (tertiary alicyclic amines) is 2. The Balaban J connectivity index is 1.15. The van der Waals surface area contributed by atoms with Crippen LogP contribution < -0.4 is 4.90 Å². The van der Waals surface area contributed by atoms with Crippen LogP contribution in [0.25, 0.3) is 33.3 Å². The second-order valence-electron chi connectivity index (χ2n) is 11.3. The number of aromatic nitrogens is 5. The van der Waals surface area contributed by atoms with E-state index in [1.54, 1.807) is 0 Å². The van der Waals surface area contributed by atoms with E-state index >= 15 is 0 Å². The van der Waals surface area contributed by atoms with Crippen LogP contribution in [0, 0.1) is 0 Å². The summed E-state index contributed by atoms with van der Waals surface area (Å²) in [5.74, 6) is 1.02. The van der Waals surface area contributed by atoms with Gasteiger partial charge in [-0.05, 0) is 50.9 Å². The summed E-state index contributed by atoms with van der Waals surface area (Å²) in [4.78, 5) is 38.1. The summed E-state index contributed by atoms with van der Waals surface area (Å²) in [7, 11) is 0. The summed E-state index contributed by atoms with van der Waals surface area (Å²) in [6.07, 6.45) is 10.2. The molecule has 4 aromatic rings. The highest BCUT2D eigenvalue weighted by atomic mass is 16.5. The van der Waals surface area contributed by atoms with E-state index in [4.69, 9.17) is 19.7 Å². The van der Waals surface area contributed by atoms with Gasteiger partial charge < -0.3 is 29.0 Å².